The van der Waals surface area contributed by atoms with Gasteiger partial charge in [-0.25, -0.2) is 9.72 Å². The van der Waals surface area contributed by atoms with E-state index in [2.05, 4.69) is 4.98 Å². The second kappa shape index (κ2) is 8.21. The van der Waals surface area contributed by atoms with Gasteiger partial charge in [0.25, 0.3) is 6.08 Å². The second-order valence-corrected chi connectivity index (χ2v) is 7.29. The number of nitrogens with zero attached hydrogens (tertiary/aromatic N) is 2. The molecule has 8 heteroatoms. The van der Waals surface area contributed by atoms with Gasteiger partial charge in [-0.15, -0.1) is 0 Å². The lowest BCUT2D eigenvalue weighted by Gasteiger charge is -2.04. The maximum Gasteiger partial charge on any atom is 0.266 e. The summed E-state index contributed by atoms with van der Waals surface area (Å²) in [6, 6.07) is 0. The maximum atomic E-state index is 11.8. The molecule has 0 amide bonds. The highest BCUT2D eigenvalue weighted by Gasteiger charge is 2.10. The molecule has 1 aromatic rings. The van der Waals surface area contributed by atoms with Gasteiger partial charge in [-0.3, -0.25) is 4.21 Å². The fraction of sp³-hybridized carbons (Fsp3) is 0.500. The lowest BCUT2D eigenvalue weighted by molar-refractivity contribution is -0.459. The lowest BCUT2D eigenvalue weighted by Crippen LogP contribution is -2.12. The van der Waals surface area contributed by atoms with Gasteiger partial charge < -0.3 is 5.21 Å². The monoisotopic (exact) mass is 322 g/mol. The molecule has 0 bridgehead atoms. The Labute approximate surface area is 122 Å². The molecule has 1 atom stereocenters. The van der Waals surface area contributed by atoms with Gasteiger partial charge in [-0.05, 0) is 12.5 Å². The number of rotatable bonds is 7. The molecule has 4 nitrogen and oxygen atoms in total. The number of hydrogen-bond donors (Lipinski definition) is 0. The molecule has 20 heavy (non-hydrogen) atoms. The summed E-state index contributed by atoms with van der Waals surface area (Å²) in [6.07, 6.45) is 1.87. The zero-order valence-electron chi connectivity index (χ0n) is 11.2. The van der Waals surface area contributed by atoms with Crippen LogP contribution in [0.5, 0.6) is 0 Å². The van der Waals surface area contributed by atoms with E-state index in [1.54, 1.807) is 0 Å². The third kappa shape index (κ3) is 6.33. The van der Waals surface area contributed by atoms with E-state index in [-0.39, 0.29) is 18.1 Å². The van der Waals surface area contributed by atoms with Gasteiger partial charge in [0.2, 0.25) is 0 Å². The topological polar surface area (TPSA) is 56.0 Å². The molecule has 0 spiro atoms. The summed E-state index contributed by atoms with van der Waals surface area (Å²) >= 11 is 1.14. The van der Waals surface area contributed by atoms with Crippen LogP contribution < -0.4 is 0 Å². The Morgan fingerprint density at radius 3 is 2.90 bits per heavy atom. The van der Waals surface area contributed by atoms with Gasteiger partial charge in [0, 0.05) is 11.7 Å². The van der Waals surface area contributed by atoms with Crippen LogP contribution in [0.15, 0.2) is 22.7 Å². The van der Waals surface area contributed by atoms with E-state index >= 15 is 0 Å². The first-order valence-electron chi connectivity index (χ1n) is 6.02. The van der Waals surface area contributed by atoms with Crippen molar-refractivity contribution in [3.8, 4) is 0 Å². The van der Waals surface area contributed by atoms with Crippen LogP contribution in [0.25, 0.3) is 0 Å². The second-order valence-electron chi connectivity index (χ2n) is 4.48. The van der Waals surface area contributed by atoms with Gasteiger partial charge in [0.15, 0.2) is 17.1 Å². The van der Waals surface area contributed by atoms with Crippen LogP contribution in [-0.2, 0) is 10.8 Å². The minimum Gasteiger partial charge on any atom is -0.624 e. The fourth-order valence-electron chi connectivity index (χ4n) is 1.35. The highest BCUT2D eigenvalue weighted by atomic mass is 32.2. The molecule has 1 aromatic heterocycles. The molecule has 0 fully saturated rings. The molecule has 1 heterocycles. The van der Waals surface area contributed by atoms with E-state index in [1.165, 1.54) is 12.4 Å². The van der Waals surface area contributed by atoms with Gasteiger partial charge in [0.1, 0.15) is 4.88 Å². The van der Waals surface area contributed by atoms with E-state index in [9.17, 15) is 18.2 Å². The largest absolute Gasteiger partial charge is 0.624 e. The van der Waals surface area contributed by atoms with Crippen LogP contribution in [0, 0.1) is 11.1 Å². The Bertz CT molecular complexity index is 523. The van der Waals surface area contributed by atoms with Crippen LogP contribution in [0.4, 0.5) is 8.78 Å². The number of thiazole rings is 1. The molecule has 1 rings (SSSR count). The standard InChI is InChI=1S/C12H16F2N2O2S2/c1-9(2)7-16(17)8-10-6-15-12(19-10)20(18)5-3-4-11(13)14/h4,6,8-9H,3,5,7H2,1-2H3/b16-8-. The van der Waals surface area contributed by atoms with Gasteiger partial charge in [-0.1, -0.05) is 25.2 Å². The molecule has 0 aliphatic rings. The normalized spacial score (nSPS) is 13.6. The first-order valence-corrected chi connectivity index (χ1v) is 8.16. The van der Waals surface area contributed by atoms with Gasteiger partial charge in [0.05, 0.1) is 17.0 Å². The minimum atomic E-state index is -1.77. The minimum absolute atomic E-state index is 0.0363. The van der Waals surface area contributed by atoms with Crippen molar-refractivity contribution in [3.05, 3.63) is 28.4 Å². The molecule has 1 unspecified atom stereocenters. The highest BCUT2D eigenvalue weighted by molar-refractivity contribution is 7.87. The quantitative estimate of drug-likeness (QED) is 0.336. The molecule has 112 valence electrons. The van der Waals surface area contributed by atoms with Crippen LogP contribution in [0.2, 0.25) is 0 Å². The Hall–Kier alpha value is -1.15. The summed E-state index contributed by atoms with van der Waals surface area (Å²) < 4.78 is 36.6. The Kier molecular flexibility index (Phi) is 6.94. The van der Waals surface area contributed by atoms with Crippen LogP contribution >= 0.6 is 11.3 Å². The van der Waals surface area contributed by atoms with Crippen LogP contribution in [0.1, 0.15) is 25.1 Å². The van der Waals surface area contributed by atoms with E-state index in [0.717, 1.165) is 22.2 Å². The van der Waals surface area contributed by atoms with Gasteiger partial charge >= 0.3 is 0 Å². The SMILES string of the molecule is CC(C)C/[N+]([O-])=C/c1cnc(S(=O)CCC=C(F)F)s1. The van der Waals surface area contributed by atoms with Crippen molar-refractivity contribution < 1.29 is 17.7 Å². The first kappa shape index (κ1) is 16.9. The van der Waals surface area contributed by atoms with Crippen molar-refractivity contribution in [1.29, 1.82) is 0 Å². The molecule has 0 N–H and O–H groups in total. The number of hydroxylamine groups is 1. The summed E-state index contributed by atoms with van der Waals surface area (Å²) in [5.41, 5.74) is 0. The molecular formula is C12H16F2N2O2S2. The lowest BCUT2D eigenvalue weighted by atomic mass is 10.2. The smallest absolute Gasteiger partial charge is 0.266 e. The van der Waals surface area contributed by atoms with Crippen molar-refractivity contribution in [1.82, 2.24) is 4.98 Å². The molecule has 0 saturated carbocycles. The van der Waals surface area contributed by atoms with Crippen molar-refractivity contribution in [2.24, 2.45) is 5.92 Å². The Morgan fingerprint density at radius 2 is 2.30 bits per heavy atom. The average Bonchev–Trinajstić information content (AvgIpc) is 2.75. The Balaban J connectivity index is 2.63. The molecule has 0 aliphatic heterocycles. The van der Waals surface area contributed by atoms with E-state index < -0.39 is 16.9 Å². The number of hydrogen-bond acceptors (Lipinski definition) is 4. The highest BCUT2D eigenvalue weighted by Crippen LogP contribution is 2.16. The molecule has 0 aromatic carbocycles. The van der Waals surface area contributed by atoms with Crippen molar-refractivity contribution >= 4 is 28.4 Å². The van der Waals surface area contributed by atoms with Crippen molar-refractivity contribution in [3.63, 3.8) is 0 Å². The molecular weight excluding hydrogens is 306 g/mol. The third-order valence-corrected chi connectivity index (χ3v) is 4.75. The number of allylic oxidation sites excluding steroid dienone is 1. The summed E-state index contributed by atoms with van der Waals surface area (Å²) in [5, 5.41) is 11.5. The number of halogens is 2. The zero-order chi connectivity index (χ0) is 15.1. The number of aromatic nitrogens is 1. The van der Waals surface area contributed by atoms with E-state index in [1.807, 2.05) is 13.8 Å². The Morgan fingerprint density at radius 1 is 1.60 bits per heavy atom. The molecule has 0 aliphatic carbocycles. The fourth-order valence-corrected chi connectivity index (χ4v) is 3.52. The predicted molar refractivity (Wildman–Crippen MR) is 76.8 cm³/mol. The third-order valence-electron chi connectivity index (χ3n) is 2.12. The summed E-state index contributed by atoms with van der Waals surface area (Å²) in [6.45, 7) is 4.24. The zero-order valence-corrected chi connectivity index (χ0v) is 12.8. The van der Waals surface area contributed by atoms with Gasteiger partial charge in [-0.2, -0.15) is 8.78 Å². The molecule has 0 radical (unpaired) electrons. The van der Waals surface area contributed by atoms with Crippen LogP contribution in [-0.4, -0.2) is 32.4 Å². The maximum absolute atomic E-state index is 11.8. The summed E-state index contributed by atoms with van der Waals surface area (Å²) in [5.74, 6) is 0.338. The van der Waals surface area contributed by atoms with E-state index in [4.69, 9.17) is 0 Å². The van der Waals surface area contributed by atoms with Crippen LogP contribution in [0.3, 0.4) is 0 Å². The summed E-state index contributed by atoms with van der Waals surface area (Å²) in [4.78, 5) is 4.57. The summed E-state index contributed by atoms with van der Waals surface area (Å²) in [7, 11) is -1.42. The average molecular weight is 322 g/mol. The van der Waals surface area contributed by atoms with E-state index in [0.29, 0.717) is 15.8 Å². The van der Waals surface area contributed by atoms with Crippen molar-refractivity contribution in [2.75, 3.05) is 12.3 Å². The molecule has 0 saturated heterocycles. The predicted octanol–water partition coefficient (Wildman–Crippen LogP) is 3.01. The first-order chi connectivity index (χ1) is 9.38. The van der Waals surface area contributed by atoms with Crippen molar-refractivity contribution in [2.45, 2.75) is 24.6 Å².